The summed E-state index contributed by atoms with van der Waals surface area (Å²) >= 11 is 3.13. The van der Waals surface area contributed by atoms with Gasteiger partial charge in [0.05, 0.1) is 5.33 Å². The second kappa shape index (κ2) is 2.47. The minimum atomic E-state index is -0.986. The highest BCUT2D eigenvalue weighted by molar-refractivity contribution is 9.09. The molecule has 72 valence electrons. The van der Waals surface area contributed by atoms with Gasteiger partial charge in [0.15, 0.2) is 0 Å². The van der Waals surface area contributed by atoms with Crippen LogP contribution in [0.25, 0.3) is 0 Å². The van der Waals surface area contributed by atoms with Crippen molar-refractivity contribution in [2.75, 3.05) is 5.33 Å². The van der Waals surface area contributed by atoms with Crippen molar-refractivity contribution >= 4 is 27.8 Å². The van der Waals surface area contributed by atoms with Crippen LogP contribution in [0.2, 0.25) is 0 Å². The molecule has 3 saturated carbocycles. The van der Waals surface area contributed by atoms with Gasteiger partial charge in [0, 0.05) is 11.0 Å². The molecular weight excluding hydrogens is 238 g/mol. The molecule has 5 heteroatoms. The van der Waals surface area contributed by atoms with Crippen LogP contribution in [0.5, 0.6) is 0 Å². The van der Waals surface area contributed by atoms with E-state index in [-0.39, 0.29) is 16.7 Å². The van der Waals surface area contributed by atoms with Crippen molar-refractivity contribution in [1.29, 1.82) is 0 Å². The predicted molar refractivity (Wildman–Crippen MR) is 49.0 cm³/mol. The van der Waals surface area contributed by atoms with Gasteiger partial charge in [-0.05, 0) is 19.3 Å². The minimum absolute atomic E-state index is 0.189. The number of alkyl halides is 1. The number of ketones is 1. The molecule has 3 fully saturated rings. The molecule has 0 aromatic rings. The van der Waals surface area contributed by atoms with Crippen LogP contribution in [0.4, 0.5) is 4.79 Å². The molecule has 2 N–H and O–H groups in total. The maximum Gasteiger partial charge on any atom is 0.405 e. The van der Waals surface area contributed by atoms with Crippen LogP contribution in [-0.4, -0.2) is 27.9 Å². The SMILES string of the molecule is O=C(O)NC12CC(C(=O)CBr)(C1)C2. The number of Topliss-reactive ketones (excluding diaryl/α,β-unsaturated/α-hetero) is 1. The van der Waals surface area contributed by atoms with Gasteiger partial charge in [-0.15, -0.1) is 0 Å². The predicted octanol–water partition coefficient (Wildman–Crippen LogP) is 1.14. The van der Waals surface area contributed by atoms with E-state index in [0.717, 1.165) is 0 Å². The molecule has 3 rings (SSSR count). The van der Waals surface area contributed by atoms with Crippen molar-refractivity contribution in [3.05, 3.63) is 0 Å². The summed E-state index contributed by atoms with van der Waals surface area (Å²) in [7, 11) is 0. The standard InChI is InChI=1S/C8H10BrNO3/c9-1-5(11)7-2-8(3-7,4-7)10-6(12)13/h10H,1-4H2,(H,12,13). The first-order chi connectivity index (χ1) is 6.02. The van der Waals surface area contributed by atoms with E-state index in [1.165, 1.54) is 0 Å². The molecule has 1 amide bonds. The van der Waals surface area contributed by atoms with Gasteiger partial charge in [0.25, 0.3) is 0 Å². The van der Waals surface area contributed by atoms with Crippen molar-refractivity contribution in [2.24, 2.45) is 5.41 Å². The third kappa shape index (κ3) is 1.10. The molecule has 0 atom stereocenters. The Kier molecular flexibility index (Phi) is 1.71. The van der Waals surface area contributed by atoms with Gasteiger partial charge in [-0.25, -0.2) is 4.79 Å². The van der Waals surface area contributed by atoms with E-state index in [1.807, 2.05) is 0 Å². The van der Waals surface area contributed by atoms with E-state index in [0.29, 0.717) is 24.6 Å². The van der Waals surface area contributed by atoms with E-state index in [4.69, 9.17) is 5.11 Å². The molecule has 0 aliphatic heterocycles. The Morgan fingerprint density at radius 1 is 1.38 bits per heavy atom. The van der Waals surface area contributed by atoms with Crippen LogP contribution in [0.3, 0.4) is 0 Å². The van der Waals surface area contributed by atoms with Crippen molar-refractivity contribution < 1.29 is 14.7 Å². The quantitative estimate of drug-likeness (QED) is 0.736. The summed E-state index contributed by atoms with van der Waals surface area (Å²) in [6, 6.07) is 0. The lowest BCUT2D eigenvalue weighted by molar-refractivity contribution is -0.173. The van der Waals surface area contributed by atoms with Crippen molar-refractivity contribution in [3.8, 4) is 0 Å². The third-order valence-corrected chi connectivity index (χ3v) is 3.62. The largest absolute Gasteiger partial charge is 0.465 e. The van der Waals surface area contributed by atoms with E-state index >= 15 is 0 Å². The number of hydrogen-bond donors (Lipinski definition) is 2. The number of carbonyl (C=O) groups is 2. The molecule has 3 aliphatic rings. The number of halogens is 1. The fourth-order valence-corrected chi connectivity index (χ4v) is 3.18. The van der Waals surface area contributed by atoms with E-state index < -0.39 is 6.09 Å². The summed E-state index contributed by atoms with van der Waals surface area (Å²) < 4.78 is 0. The number of carboxylic acid groups (broad SMARTS) is 1. The minimum Gasteiger partial charge on any atom is -0.465 e. The van der Waals surface area contributed by atoms with Gasteiger partial charge < -0.3 is 10.4 Å². The lowest BCUT2D eigenvalue weighted by atomic mass is 9.38. The Labute approximate surface area is 83.8 Å². The zero-order chi connectivity index (χ0) is 9.69. The molecule has 4 nitrogen and oxygen atoms in total. The highest BCUT2D eigenvalue weighted by Gasteiger charge is 2.71. The third-order valence-electron chi connectivity index (χ3n) is 3.12. The van der Waals surface area contributed by atoms with Crippen LogP contribution in [0, 0.1) is 5.41 Å². The molecule has 0 aromatic carbocycles. The molecule has 0 saturated heterocycles. The molecule has 0 unspecified atom stereocenters. The first-order valence-corrected chi connectivity index (χ1v) is 5.25. The Bertz CT molecular complexity index is 269. The average Bonchev–Trinajstić information content (AvgIpc) is 1.92. The summed E-state index contributed by atoms with van der Waals surface area (Å²) in [5, 5.41) is 11.4. The monoisotopic (exact) mass is 247 g/mol. The van der Waals surface area contributed by atoms with E-state index in [9.17, 15) is 9.59 Å². The fourth-order valence-electron chi connectivity index (χ4n) is 2.58. The summed E-state index contributed by atoms with van der Waals surface area (Å²) in [5.74, 6) is 0.210. The summed E-state index contributed by atoms with van der Waals surface area (Å²) in [6.45, 7) is 0. The van der Waals surface area contributed by atoms with Crippen molar-refractivity contribution in [1.82, 2.24) is 5.32 Å². The maximum atomic E-state index is 11.4. The zero-order valence-corrected chi connectivity index (χ0v) is 8.56. The van der Waals surface area contributed by atoms with Gasteiger partial charge in [0.2, 0.25) is 0 Å². The molecule has 0 aromatic heterocycles. The lowest BCUT2D eigenvalue weighted by Crippen LogP contribution is -2.77. The van der Waals surface area contributed by atoms with E-state index in [1.54, 1.807) is 0 Å². The lowest BCUT2D eigenvalue weighted by Gasteiger charge is -2.69. The Hall–Kier alpha value is -0.580. The molecule has 2 bridgehead atoms. The average molecular weight is 248 g/mol. The second-order valence-corrected chi connectivity index (χ2v) is 4.64. The Balaban J connectivity index is 1.93. The van der Waals surface area contributed by atoms with Crippen LogP contribution < -0.4 is 5.32 Å². The first kappa shape index (κ1) is 8.99. The summed E-state index contributed by atoms with van der Waals surface area (Å²) in [6.07, 6.45) is 1.09. The van der Waals surface area contributed by atoms with Crippen LogP contribution in [-0.2, 0) is 4.79 Å². The van der Waals surface area contributed by atoms with Gasteiger partial charge in [-0.2, -0.15) is 0 Å². The topological polar surface area (TPSA) is 66.4 Å². The van der Waals surface area contributed by atoms with Crippen molar-refractivity contribution in [2.45, 2.75) is 24.8 Å². The Morgan fingerprint density at radius 2 is 1.92 bits per heavy atom. The number of rotatable bonds is 3. The van der Waals surface area contributed by atoms with Crippen LogP contribution >= 0.6 is 15.9 Å². The fraction of sp³-hybridized carbons (Fsp3) is 0.750. The maximum absolute atomic E-state index is 11.4. The number of nitrogens with one attached hydrogen (secondary N) is 1. The molecule has 0 radical (unpaired) electrons. The zero-order valence-electron chi connectivity index (χ0n) is 6.97. The summed E-state index contributed by atoms with van der Waals surface area (Å²) in [4.78, 5) is 21.7. The first-order valence-electron chi connectivity index (χ1n) is 4.12. The molecule has 0 spiro atoms. The molecule has 0 heterocycles. The molecular formula is C8H10BrNO3. The van der Waals surface area contributed by atoms with Gasteiger partial charge in [-0.1, -0.05) is 15.9 Å². The molecule has 13 heavy (non-hydrogen) atoms. The van der Waals surface area contributed by atoms with Crippen molar-refractivity contribution in [3.63, 3.8) is 0 Å². The van der Waals surface area contributed by atoms with Gasteiger partial charge in [-0.3, -0.25) is 4.79 Å². The van der Waals surface area contributed by atoms with Crippen LogP contribution in [0.1, 0.15) is 19.3 Å². The highest BCUT2D eigenvalue weighted by atomic mass is 79.9. The molecule has 3 aliphatic carbocycles. The summed E-state index contributed by atoms with van der Waals surface area (Å²) in [5.41, 5.74) is -0.449. The van der Waals surface area contributed by atoms with Gasteiger partial charge in [0.1, 0.15) is 5.78 Å². The Morgan fingerprint density at radius 3 is 2.31 bits per heavy atom. The van der Waals surface area contributed by atoms with Gasteiger partial charge >= 0.3 is 6.09 Å². The van der Waals surface area contributed by atoms with E-state index in [2.05, 4.69) is 21.2 Å². The number of carbonyl (C=O) groups excluding carboxylic acids is 1. The second-order valence-electron chi connectivity index (χ2n) is 4.08. The van der Waals surface area contributed by atoms with Crippen LogP contribution in [0.15, 0.2) is 0 Å². The smallest absolute Gasteiger partial charge is 0.405 e. The normalized spacial score (nSPS) is 40.1. The number of hydrogen-bond acceptors (Lipinski definition) is 2. The highest BCUT2D eigenvalue weighted by Crippen LogP contribution is 2.67. The number of amides is 1.